The van der Waals surface area contributed by atoms with Gasteiger partial charge in [0.1, 0.15) is 11.4 Å². The lowest BCUT2D eigenvalue weighted by Crippen LogP contribution is -2.44. The van der Waals surface area contributed by atoms with Crippen LogP contribution in [-0.4, -0.2) is 27.5 Å². The highest BCUT2D eigenvalue weighted by Gasteiger charge is 2.26. The monoisotopic (exact) mass is 397 g/mol. The number of nitrogen functional groups attached to an aromatic ring is 1. The fourth-order valence-corrected chi connectivity index (χ4v) is 3.58. The van der Waals surface area contributed by atoms with E-state index in [2.05, 4.69) is 15.3 Å². The summed E-state index contributed by atoms with van der Waals surface area (Å²) in [6.45, 7) is 1.34. The maximum atomic E-state index is 12.1. The van der Waals surface area contributed by atoms with E-state index in [0.717, 1.165) is 23.1 Å². The molecule has 1 amide bonds. The Bertz CT molecular complexity index is 1230. The standard InChI is InChI=1S/C19H19N5O5/c20-14-15(17(27)16(14)26)24-4-3-10-2-1-9(5-11(10)8-24)7-21-13(25)6-12-18(28)23-19(29)22-12/h1-2,5,28H,3-4,6-8,20H2,(H,21,25)(H2,22,23,29). The average molecular weight is 397 g/mol. The molecule has 10 nitrogen and oxygen atoms in total. The van der Waals surface area contributed by atoms with Gasteiger partial charge in [-0.15, -0.1) is 0 Å². The van der Waals surface area contributed by atoms with Gasteiger partial charge in [-0.25, -0.2) is 4.79 Å². The van der Waals surface area contributed by atoms with Crippen molar-refractivity contribution in [3.8, 4) is 5.88 Å². The van der Waals surface area contributed by atoms with Gasteiger partial charge in [0.2, 0.25) is 11.8 Å². The molecule has 6 N–H and O–H groups in total. The molecule has 2 aromatic carbocycles. The van der Waals surface area contributed by atoms with Crippen LogP contribution in [0, 0.1) is 0 Å². The first-order valence-electron chi connectivity index (χ1n) is 9.04. The van der Waals surface area contributed by atoms with E-state index in [9.17, 15) is 24.3 Å². The lowest BCUT2D eigenvalue weighted by Gasteiger charge is -2.32. The van der Waals surface area contributed by atoms with Crippen molar-refractivity contribution < 1.29 is 9.90 Å². The third-order valence-corrected chi connectivity index (χ3v) is 5.13. The van der Waals surface area contributed by atoms with E-state index in [1.165, 1.54) is 0 Å². The number of carbonyl (C=O) groups is 1. The van der Waals surface area contributed by atoms with E-state index >= 15 is 0 Å². The first-order valence-corrected chi connectivity index (χ1v) is 9.04. The second-order valence-corrected chi connectivity index (χ2v) is 7.05. The second kappa shape index (κ2) is 6.97. The van der Waals surface area contributed by atoms with Gasteiger partial charge in [0.25, 0.3) is 10.9 Å². The molecule has 1 aliphatic heterocycles. The summed E-state index contributed by atoms with van der Waals surface area (Å²) in [7, 11) is 0. The highest BCUT2D eigenvalue weighted by molar-refractivity contribution is 5.78. The van der Waals surface area contributed by atoms with Crippen LogP contribution in [0.3, 0.4) is 0 Å². The number of aromatic nitrogens is 2. The van der Waals surface area contributed by atoms with Crippen LogP contribution in [0.4, 0.5) is 11.4 Å². The molecule has 0 saturated heterocycles. The smallest absolute Gasteiger partial charge is 0.325 e. The van der Waals surface area contributed by atoms with Crippen LogP contribution < -0.4 is 32.5 Å². The minimum atomic E-state index is -0.628. The lowest BCUT2D eigenvalue weighted by molar-refractivity contribution is -0.120. The van der Waals surface area contributed by atoms with E-state index in [4.69, 9.17) is 5.73 Å². The summed E-state index contributed by atoms with van der Waals surface area (Å²) in [4.78, 5) is 52.7. The van der Waals surface area contributed by atoms with Crippen molar-refractivity contribution >= 4 is 17.3 Å². The van der Waals surface area contributed by atoms with Gasteiger partial charge in [-0.3, -0.25) is 19.4 Å². The third-order valence-electron chi connectivity index (χ3n) is 5.13. The van der Waals surface area contributed by atoms with Crippen LogP contribution in [0.25, 0.3) is 0 Å². The lowest BCUT2D eigenvalue weighted by atomic mass is 9.96. The van der Waals surface area contributed by atoms with E-state index in [-0.39, 0.29) is 36.1 Å². The maximum Gasteiger partial charge on any atom is 0.325 e. The zero-order valence-electron chi connectivity index (χ0n) is 15.4. The number of fused-ring (bicyclic) bond motifs is 1. The van der Waals surface area contributed by atoms with Crippen LogP contribution in [0.5, 0.6) is 5.88 Å². The van der Waals surface area contributed by atoms with Gasteiger partial charge in [-0.2, -0.15) is 0 Å². The highest BCUT2D eigenvalue weighted by Crippen LogP contribution is 2.26. The van der Waals surface area contributed by atoms with Crippen molar-refractivity contribution in [3.63, 3.8) is 0 Å². The van der Waals surface area contributed by atoms with Gasteiger partial charge < -0.3 is 26.0 Å². The number of aromatic hydroxyl groups is 1. The summed E-state index contributed by atoms with van der Waals surface area (Å²) < 4.78 is 0. The van der Waals surface area contributed by atoms with Gasteiger partial charge in [0, 0.05) is 19.6 Å². The van der Waals surface area contributed by atoms with Crippen LogP contribution in [0.1, 0.15) is 22.4 Å². The number of hydrogen-bond acceptors (Lipinski definition) is 7. The zero-order chi connectivity index (χ0) is 20.7. The van der Waals surface area contributed by atoms with Crippen molar-refractivity contribution in [3.05, 3.63) is 71.5 Å². The molecule has 29 heavy (non-hydrogen) atoms. The predicted molar refractivity (Wildman–Crippen MR) is 106 cm³/mol. The minimum absolute atomic E-state index is 0.0212. The number of anilines is 2. The molecule has 3 aromatic rings. The number of amides is 1. The first kappa shape index (κ1) is 18.5. The van der Waals surface area contributed by atoms with Gasteiger partial charge in [0.15, 0.2) is 0 Å². The maximum absolute atomic E-state index is 12.1. The number of hydrogen-bond donors (Lipinski definition) is 5. The van der Waals surface area contributed by atoms with Gasteiger partial charge >= 0.3 is 5.69 Å². The highest BCUT2D eigenvalue weighted by atomic mass is 16.3. The molecule has 0 unspecified atom stereocenters. The number of aromatic amines is 2. The predicted octanol–water partition coefficient (Wildman–Crippen LogP) is -0.992. The summed E-state index contributed by atoms with van der Waals surface area (Å²) in [5.41, 5.74) is 7.37. The molecule has 10 heteroatoms. The molecule has 0 atom stereocenters. The number of benzene rings is 1. The molecule has 0 radical (unpaired) electrons. The molecule has 2 heterocycles. The summed E-state index contributed by atoms with van der Waals surface area (Å²) in [5.74, 6) is -0.706. The molecular weight excluding hydrogens is 378 g/mol. The topological polar surface area (TPSA) is 161 Å². The number of imidazole rings is 1. The molecule has 0 saturated carbocycles. The van der Waals surface area contributed by atoms with E-state index in [1.807, 2.05) is 23.1 Å². The Morgan fingerprint density at radius 1 is 1.17 bits per heavy atom. The first-order chi connectivity index (χ1) is 13.8. The van der Waals surface area contributed by atoms with Crippen LogP contribution in [0.2, 0.25) is 0 Å². The van der Waals surface area contributed by atoms with Gasteiger partial charge in [-0.1, -0.05) is 18.2 Å². The third kappa shape index (κ3) is 3.40. The molecule has 150 valence electrons. The number of nitrogens with zero attached hydrogens (tertiary/aromatic N) is 1. The number of nitrogens with one attached hydrogen (secondary N) is 3. The molecule has 0 fully saturated rings. The van der Waals surface area contributed by atoms with Crippen molar-refractivity contribution in [1.29, 1.82) is 0 Å². The molecular formula is C19H19N5O5. The Balaban J connectivity index is 1.42. The average Bonchev–Trinajstić information content (AvgIpc) is 3.02. The molecule has 0 aliphatic carbocycles. The Morgan fingerprint density at radius 3 is 2.66 bits per heavy atom. The van der Waals surface area contributed by atoms with Crippen LogP contribution >= 0.6 is 0 Å². The largest absolute Gasteiger partial charge is 0.493 e. The summed E-state index contributed by atoms with van der Waals surface area (Å²) in [6.07, 6.45) is 0.563. The summed E-state index contributed by atoms with van der Waals surface area (Å²) in [5, 5.41) is 12.3. The number of H-pyrrole nitrogens is 2. The van der Waals surface area contributed by atoms with Gasteiger partial charge in [0.05, 0.1) is 12.1 Å². The van der Waals surface area contributed by atoms with E-state index in [0.29, 0.717) is 18.8 Å². The number of rotatable bonds is 5. The summed E-state index contributed by atoms with van der Waals surface area (Å²) in [6, 6.07) is 5.84. The Kier molecular flexibility index (Phi) is 4.45. The molecule has 0 bridgehead atoms. The summed E-state index contributed by atoms with van der Waals surface area (Å²) >= 11 is 0. The van der Waals surface area contributed by atoms with Crippen molar-refractivity contribution in [2.75, 3.05) is 17.2 Å². The van der Waals surface area contributed by atoms with Crippen molar-refractivity contribution in [2.24, 2.45) is 0 Å². The normalized spacial score (nSPS) is 13.4. The van der Waals surface area contributed by atoms with Crippen LogP contribution in [-0.2, 0) is 30.7 Å². The van der Waals surface area contributed by atoms with E-state index < -0.39 is 16.5 Å². The molecule has 1 aliphatic rings. The second-order valence-electron chi connectivity index (χ2n) is 7.05. The molecule has 1 aromatic heterocycles. The van der Waals surface area contributed by atoms with Crippen molar-refractivity contribution in [2.45, 2.75) is 25.9 Å². The SMILES string of the molecule is Nc1c(N2CCc3ccc(CNC(=O)Cc4[nH]c(=O)[nH]c4O)cc3C2)c(=O)c1=O. The molecule has 0 spiro atoms. The van der Waals surface area contributed by atoms with Crippen molar-refractivity contribution in [1.82, 2.24) is 15.3 Å². The number of carbonyl (C=O) groups excluding carboxylic acids is 1. The Labute approximate surface area is 163 Å². The number of nitrogens with two attached hydrogens (primary N) is 1. The molecule has 4 rings (SSSR count). The fraction of sp³-hybridized carbons (Fsp3) is 0.263. The Morgan fingerprint density at radius 2 is 1.97 bits per heavy atom. The van der Waals surface area contributed by atoms with E-state index in [1.54, 1.807) is 0 Å². The van der Waals surface area contributed by atoms with Gasteiger partial charge in [-0.05, 0) is 23.1 Å². The quantitative estimate of drug-likeness (QED) is 0.345. The Hall–Kier alpha value is -3.82. The fourth-order valence-electron chi connectivity index (χ4n) is 3.58. The minimum Gasteiger partial charge on any atom is -0.493 e. The zero-order valence-corrected chi connectivity index (χ0v) is 15.4. The van der Waals surface area contributed by atoms with Crippen LogP contribution in [0.15, 0.2) is 32.6 Å².